The zero-order chi connectivity index (χ0) is 74.7. The van der Waals surface area contributed by atoms with Crippen molar-refractivity contribution in [2.24, 2.45) is 17.4 Å². The minimum atomic E-state index is -2.19. The van der Waals surface area contributed by atoms with E-state index in [1.807, 2.05) is 0 Å². The number of primary amides is 1. The molecule has 20 N–H and O–H groups in total. The van der Waals surface area contributed by atoms with Crippen molar-refractivity contribution in [2.75, 3.05) is 26.2 Å². The molecule has 3 heterocycles. The van der Waals surface area contributed by atoms with Crippen molar-refractivity contribution in [3.63, 3.8) is 0 Å². The van der Waals surface area contributed by atoms with E-state index < -0.39 is 218 Å². The number of amides is 12. The van der Waals surface area contributed by atoms with Gasteiger partial charge in [0.05, 0.1) is 49.6 Å². The molecule has 3 saturated heterocycles. The van der Waals surface area contributed by atoms with Crippen LogP contribution in [0.2, 0.25) is 0 Å². The van der Waals surface area contributed by atoms with Gasteiger partial charge in [-0.1, -0.05) is 97.1 Å². The highest BCUT2D eigenvalue weighted by molar-refractivity contribution is 6.00. The third-order valence-electron chi connectivity index (χ3n) is 17.7. The molecule has 4 rings (SSSR count). The first kappa shape index (κ1) is 84.3. The first-order valence-electron chi connectivity index (χ1n) is 34.6. The number of aromatic hydroxyl groups is 1. The van der Waals surface area contributed by atoms with Gasteiger partial charge < -0.3 is 110 Å². The van der Waals surface area contributed by atoms with E-state index in [2.05, 4.69) is 54.8 Å². The third kappa shape index (κ3) is 26.1. The number of cyclic esters (lactones) is 1. The van der Waals surface area contributed by atoms with Gasteiger partial charge in [0.15, 0.2) is 6.10 Å². The maximum absolute atomic E-state index is 14.7. The van der Waals surface area contributed by atoms with Gasteiger partial charge in [0.2, 0.25) is 65.0 Å². The second kappa shape index (κ2) is 41.6. The van der Waals surface area contributed by atoms with Gasteiger partial charge in [0.25, 0.3) is 5.91 Å². The van der Waals surface area contributed by atoms with Crippen molar-refractivity contribution in [1.29, 1.82) is 0 Å². The molecule has 0 aromatic heterocycles. The van der Waals surface area contributed by atoms with Crippen LogP contribution >= 0.6 is 0 Å². The molecule has 0 bridgehead atoms. The maximum Gasteiger partial charge on any atom is 0.329 e. The summed E-state index contributed by atoms with van der Waals surface area (Å²) in [5.74, 6) is -15.9. The van der Waals surface area contributed by atoms with E-state index in [9.17, 15) is 98.1 Å². The number of hydrogen-bond donors (Lipinski definition) is 18. The van der Waals surface area contributed by atoms with Crippen LogP contribution < -0.4 is 59.3 Å². The maximum atomic E-state index is 14.7. The molecule has 0 aliphatic carbocycles. The molecule has 34 nitrogen and oxygen atoms in total. The van der Waals surface area contributed by atoms with Crippen molar-refractivity contribution >= 4 is 76.9 Å². The lowest BCUT2D eigenvalue weighted by molar-refractivity contribution is -0.160. The fraction of sp³-hybridized carbons (Fsp3) is 0.712. The molecule has 0 spiro atoms. The number of aliphatic hydroxyl groups excluding tert-OH is 6. The lowest BCUT2D eigenvalue weighted by atomic mass is 9.99. The number of benzene rings is 1. The van der Waals surface area contributed by atoms with Crippen molar-refractivity contribution in [3.05, 3.63) is 29.8 Å². The van der Waals surface area contributed by atoms with Gasteiger partial charge in [-0.05, 0) is 90.0 Å². The molecule has 0 unspecified atom stereocenters. The second-order valence-corrected chi connectivity index (χ2v) is 26.5. The van der Waals surface area contributed by atoms with Crippen LogP contribution in [-0.2, 0) is 73.5 Å². The second-order valence-electron chi connectivity index (χ2n) is 26.5. The monoisotopic (exact) mass is 1420 g/mol. The number of esters is 1. The lowest BCUT2D eigenvalue weighted by Gasteiger charge is -2.34. The van der Waals surface area contributed by atoms with E-state index in [-0.39, 0.29) is 44.4 Å². The first-order chi connectivity index (χ1) is 47.2. The SMILES string of the molecule is CCCCCCCCCCCCC[C@H]1OC(=O)[C@H](CCCN)NC(=O)[C@@H]([C@@H](C)O)NC(=O)CNC(=O)[C@H]([C@H](O)CC(N)=O)NC(=O)[C@H]2[C@@H](O)CCN2C(=O)[C@H]([C@@H](C)O)NC(=O)[C@@H]2C[C@@H](O)CN2C(=O)[C@H](C(C)C)NC(=O)[C@H](Cc2ccc(O)cc2)NC(=O)[C@@H](C)NC(=O)[C@H]([C@@H](C)O)NC1=O. The van der Waals surface area contributed by atoms with Gasteiger partial charge in [0, 0.05) is 25.9 Å². The van der Waals surface area contributed by atoms with Crippen LogP contribution in [0, 0.1) is 5.92 Å². The Labute approximate surface area is 581 Å². The smallest absolute Gasteiger partial charge is 0.329 e. The van der Waals surface area contributed by atoms with Crippen LogP contribution in [0.1, 0.15) is 163 Å². The number of rotatable bonds is 24. The molecule has 34 heteroatoms. The van der Waals surface area contributed by atoms with E-state index in [0.717, 1.165) is 88.4 Å². The van der Waals surface area contributed by atoms with Crippen molar-refractivity contribution in [1.82, 2.24) is 57.7 Å². The Bertz CT molecular complexity index is 2940. The molecule has 0 saturated carbocycles. The predicted octanol–water partition coefficient (Wildman–Crippen LogP) is -4.73. The number of nitrogens with one attached hydrogen (secondary N) is 9. The molecule has 12 amide bonds. The number of hydrogen-bond acceptors (Lipinski definition) is 22. The van der Waals surface area contributed by atoms with Crippen LogP contribution in [-0.4, -0.2) is 252 Å². The van der Waals surface area contributed by atoms with Crippen molar-refractivity contribution in [2.45, 2.75) is 267 Å². The minimum absolute atomic E-state index is 0.0337. The normalized spacial score (nSPS) is 27.9. The van der Waals surface area contributed by atoms with Crippen LogP contribution in [0.5, 0.6) is 5.75 Å². The molecular formula is C66H107N13O21. The zero-order valence-electron chi connectivity index (χ0n) is 58.2. The highest BCUT2D eigenvalue weighted by Crippen LogP contribution is 2.25. The average molecular weight is 1420 g/mol. The summed E-state index contributed by atoms with van der Waals surface area (Å²) in [6.07, 6.45) is -4.37. The highest BCUT2D eigenvalue weighted by atomic mass is 16.5. The molecule has 3 aliphatic rings. The summed E-state index contributed by atoms with van der Waals surface area (Å²) in [5, 5.41) is 97.6. The third-order valence-corrected chi connectivity index (χ3v) is 17.7. The number of nitrogens with two attached hydrogens (primary N) is 2. The molecule has 100 heavy (non-hydrogen) atoms. The Morgan fingerprint density at radius 2 is 1.11 bits per heavy atom. The number of aliphatic hydroxyl groups is 6. The fourth-order valence-corrected chi connectivity index (χ4v) is 11.9. The van der Waals surface area contributed by atoms with Gasteiger partial charge in [-0.3, -0.25) is 57.5 Å². The first-order valence-corrected chi connectivity index (χ1v) is 34.6. The van der Waals surface area contributed by atoms with Crippen LogP contribution in [0.25, 0.3) is 0 Å². The van der Waals surface area contributed by atoms with Crippen molar-refractivity contribution < 1.29 is 103 Å². The van der Waals surface area contributed by atoms with Crippen LogP contribution in [0.3, 0.4) is 0 Å². The number of fused-ring (bicyclic) bond motifs is 2. The van der Waals surface area contributed by atoms with Crippen LogP contribution in [0.15, 0.2) is 24.3 Å². The Morgan fingerprint density at radius 1 is 0.580 bits per heavy atom. The molecule has 1 aromatic carbocycles. The summed E-state index contributed by atoms with van der Waals surface area (Å²) >= 11 is 0. The number of carbonyl (C=O) groups is 13. The Kier molecular flexibility index (Phi) is 35.0. The summed E-state index contributed by atoms with van der Waals surface area (Å²) < 4.78 is 5.82. The summed E-state index contributed by atoms with van der Waals surface area (Å²) in [6, 6.07) is -12.2. The molecule has 3 fully saturated rings. The summed E-state index contributed by atoms with van der Waals surface area (Å²) in [7, 11) is 0. The molecular weight excluding hydrogens is 1310 g/mol. The number of unbranched alkanes of at least 4 members (excludes halogenated alkanes) is 10. The molecule has 0 radical (unpaired) electrons. The van der Waals surface area contributed by atoms with Crippen LogP contribution in [0.4, 0.5) is 0 Å². The predicted molar refractivity (Wildman–Crippen MR) is 357 cm³/mol. The van der Waals surface area contributed by atoms with E-state index in [1.54, 1.807) is 0 Å². The zero-order valence-corrected chi connectivity index (χ0v) is 58.2. The Hall–Kier alpha value is -8.15. The number of carbonyl (C=O) groups excluding carboxylic acids is 13. The topological polar surface area (TPSA) is 540 Å². The van der Waals surface area contributed by atoms with Gasteiger partial charge >= 0.3 is 5.97 Å². The molecule has 562 valence electrons. The minimum Gasteiger partial charge on any atom is -0.508 e. The lowest BCUT2D eigenvalue weighted by Crippen LogP contribution is -2.63. The summed E-state index contributed by atoms with van der Waals surface area (Å²) in [4.78, 5) is 185. The molecule has 1 aromatic rings. The number of phenols is 1. The summed E-state index contributed by atoms with van der Waals surface area (Å²) in [5.41, 5.74) is 11.5. The largest absolute Gasteiger partial charge is 0.508 e. The Morgan fingerprint density at radius 3 is 1.68 bits per heavy atom. The van der Waals surface area contributed by atoms with Gasteiger partial charge in [0.1, 0.15) is 66.2 Å². The Balaban J connectivity index is 1.80. The van der Waals surface area contributed by atoms with E-state index in [1.165, 1.54) is 45.0 Å². The fourth-order valence-electron chi connectivity index (χ4n) is 11.9. The van der Waals surface area contributed by atoms with Gasteiger partial charge in [-0.2, -0.15) is 0 Å². The summed E-state index contributed by atoms with van der Waals surface area (Å²) in [6.45, 7) is 7.75. The molecule has 3 aliphatic heterocycles. The number of phenolic OH excluding ortho intramolecular Hbond substituents is 1. The van der Waals surface area contributed by atoms with E-state index in [4.69, 9.17) is 16.2 Å². The standard InChI is InChI=1S/C66H107N13O21/c1-8-9-10-11-12-13-14-15-16-17-18-21-47-59(92)75-52(37(6)81)61(94)70-35(4)56(89)72-43(29-39-22-24-40(83)25-23-39)57(90)74-50(34(2)3)64(97)79-33-41(84)30-44(79)58(91)76-53(38(7)82)65(98)78-28-26-45(85)55(78)63(96)77-54(46(86)31-48(68)87)60(93)69-32-49(88)73-51(36(5)80)62(95)71-42(20-19-27-67)66(99)100-47/h22-25,34-38,41-47,50-55,80-86H,8-21,26-33,67H2,1-7H3,(H2,68,87)(H,69,93)(H,70,94)(H,71,95)(H,72,89)(H,73,88)(H,74,90)(H,75,92)(H,76,91)(H,77,96)/t35-,36-,37-,38-,41-,42+,43+,44+,45+,46-,47-,50+,51-,52+,53+,54+,55-/m1/s1. The van der Waals surface area contributed by atoms with Gasteiger partial charge in [-0.15, -0.1) is 0 Å². The highest BCUT2D eigenvalue weighted by Gasteiger charge is 2.49. The number of nitrogens with zero attached hydrogens (tertiary/aromatic N) is 2. The van der Waals surface area contributed by atoms with Gasteiger partial charge in [-0.25, -0.2) is 4.79 Å². The quantitative estimate of drug-likeness (QED) is 0.0341. The van der Waals surface area contributed by atoms with Crippen molar-refractivity contribution in [3.8, 4) is 5.75 Å². The number of ether oxygens (including phenoxy) is 1. The molecule has 17 atom stereocenters. The average Bonchev–Trinajstić information content (AvgIpc) is 1.63. The van der Waals surface area contributed by atoms with E-state index >= 15 is 0 Å². The van der Waals surface area contributed by atoms with E-state index in [0.29, 0.717) is 18.4 Å².